The summed E-state index contributed by atoms with van der Waals surface area (Å²) < 4.78 is 0. The lowest BCUT2D eigenvalue weighted by atomic mass is 9.92. The molecule has 0 radical (unpaired) electrons. The molecule has 0 bridgehead atoms. The lowest BCUT2D eigenvalue weighted by Crippen LogP contribution is -2.20. The van der Waals surface area contributed by atoms with Gasteiger partial charge in [-0.1, -0.05) is 20.8 Å². The zero-order valence-electron chi connectivity index (χ0n) is 9.65. The number of aromatic nitrogens is 2. The summed E-state index contributed by atoms with van der Waals surface area (Å²) in [6.45, 7) is 10.8. The van der Waals surface area contributed by atoms with Gasteiger partial charge in [-0.05, 0) is 25.3 Å². The van der Waals surface area contributed by atoms with Crippen molar-refractivity contribution in [1.82, 2.24) is 15.5 Å². The highest BCUT2D eigenvalue weighted by Gasteiger charge is 2.08. The van der Waals surface area contributed by atoms with Crippen molar-refractivity contribution in [1.29, 1.82) is 0 Å². The predicted octanol–water partition coefficient (Wildman–Crippen LogP) is 2.24. The molecule has 14 heavy (non-hydrogen) atoms. The van der Waals surface area contributed by atoms with Gasteiger partial charge in [0.2, 0.25) is 0 Å². The lowest BCUT2D eigenvalue weighted by molar-refractivity contribution is 0.366. The zero-order valence-corrected chi connectivity index (χ0v) is 9.65. The van der Waals surface area contributed by atoms with E-state index in [4.69, 9.17) is 0 Å². The van der Waals surface area contributed by atoms with Crippen LogP contribution in [0.4, 0.5) is 0 Å². The molecular formula is C11H21N3. The molecule has 0 spiro atoms. The Morgan fingerprint density at radius 2 is 2.14 bits per heavy atom. The van der Waals surface area contributed by atoms with E-state index >= 15 is 0 Å². The second-order valence-corrected chi connectivity index (χ2v) is 5.01. The summed E-state index contributed by atoms with van der Waals surface area (Å²) in [7, 11) is 0. The largest absolute Gasteiger partial charge is 0.313 e. The number of aryl methyl sites for hydroxylation is 1. The highest BCUT2D eigenvalue weighted by molar-refractivity contribution is 5.13. The van der Waals surface area contributed by atoms with Crippen LogP contribution in [-0.4, -0.2) is 16.7 Å². The average Bonchev–Trinajstić information content (AvgIpc) is 2.44. The van der Waals surface area contributed by atoms with Crippen LogP contribution < -0.4 is 5.32 Å². The van der Waals surface area contributed by atoms with Gasteiger partial charge in [-0.15, -0.1) is 0 Å². The van der Waals surface area contributed by atoms with Crippen LogP contribution in [0.3, 0.4) is 0 Å². The van der Waals surface area contributed by atoms with E-state index in [-0.39, 0.29) is 0 Å². The lowest BCUT2D eigenvalue weighted by Gasteiger charge is -2.17. The van der Waals surface area contributed by atoms with Crippen LogP contribution in [-0.2, 0) is 6.54 Å². The van der Waals surface area contributed by atoms with Gasteiger partial charge in [-0.2, -0.15) is 5.10 Å². The second kappa shape index (κ2) is 4.60. The van der Waals surface area contributed by atoms with E-state index in [1.54, 1.807) is 0 Å². The van der Waals surface area contributed by atoms with Crippen LogP contribution >= 0.6 is 0 Å². The quantitative estimate of drug-likeness (QED) is 0.723. The second-order valence-electron chi connectivity index (χ2n) is 5.01. The SMILES string of the molecule is Cc1[nH]ncc1CNCCC(C)(C)C. The molecule has 2 N–H and O–H groups in total. The molecule has 1 heterocycles. The van der Waals surface area contributed by atoms with Gasteiger partial charge in [0.05, 0.1) is 6.20 Å². The maximum atomic E-state index is 3.98. The Morgan fingerprint density at radius 1 is 1.43 bits per heavy atom. The molecule has 0 atom stereocenters. The molecule has 1 aromatic heterocycles. The van der Waals surface area contributed by atoms with Gasteiger partial charge in [0.15, 0.2) is 0 Å². The van der Waals surface area contributed by atoms with Crippen molar-refractivity contribution >= 4 is 0 Å². The van der Waals surface area contributed by atoms with Crippen molar-refractivity contribution < 1.29 is 0 Å². The molecular weight excluding hydrogens is 174 g/mol. The van der Waals surface area contributed by atoms with Crippen molar-refractivity contribution in [3.8, 4) is 0 Å². The number of hydrogen-bond acceptors (Lipinski definition) is 2. The topological polar surface area (TPSA) is 40.7 Å². The monoisotopic (exact) mass is 195 g/mol. The van der Waals surface area contributed by atoms with Crippen molar-refractivity contribution in [2.45, 2.75) is 40.7 Å². The Bertz CT molecular complexity index is 270. The molecule has 0 saturated carbocycles. The van der Waals surface area contributed by atoms with Crippen molar-refractivity contribution in [3.05, 3.63) is 17.5 Å². The fourth-order valence-corrected chi connectivity index (χ4v) is 1.24. The normalized spacial score (nSPS) is 12.0. The first kappa shape index (κ1) is 11.2. The van der Waals surface area contributed by atoms with Crippen LogP contribution in [0.25, 0.3) is 0 Å². The summed E-state index contributed by atoms with van der Waals surface area (Å²) in [5.74, 6) is 0. The van der Waals surface area contributed by atoms with Crippen LogP contribution in [0.5, 0.6) is 0 Å². The van der Waals surface area contributed by atoms with E-state index in [0.29, 0.717) is 5.41 Å². The van der Waals surface area contributed by atoms with E-state index in [2.05, 4.69) is 36.3 Å². The van der Waals surface area contributed by atoms with Crippen LogP contribution in [0.2, 0.25) is 0 Å². The van der Waals surface area contributed by atoms with E-state index < -0.39 is 0 Å². The molecule has 0 saturated heterocycles. The minimum atomic E-state index is 0.415. The Hall–Kier alpha value is -0.830. The average molecular weight is 195 g/mol. The van der Waals surface area contributed by atoms with Crippen molar-refractivity contribution in [2.24, 2.45) is 5.41 Å². The van der Waals surface area contributed by atoms with Crippen LogP contribution in [0, 0.1) is 12.3 Å². The van der Waals surface area contributed by atoms with Crippen LogP contribution in [0.15, 0.2) is 6.20 Å². The molecule has 0 aliphatic rings. The maximum absolute atomic E-state index is 3.98. The standard InChI is InChI=1S/C11H21N3/c1-9-10(8-13-14-9)7-12-6-5-11(2,3)4/h8,12H,5-7H2,1-4H3,(H,13,14). The summed E-state index contributed by atoms with van der Waals surface area (Å²) in [5, 5.41) is 10.3. The number of nitrogens with one attached hydrogen (secondary N) is 2. The molecule has 0 fully saturated rings. The summed E-state index contributed by atoms with van der Waals surface area (Å²) >= 11 is 0. The summed E-state index contributed by atoms with van der Waals surface area (Å²) in [5.41, 5.74) is 2.84. The van der Waals surface area contributed by atoms with E-state index in [9.17, 15) is 0 Å². The molecule has 0 amide bonds. The summed E-state index contributed by atoms with van der Waals surface area (Å²) in [6, 6.07) is 0. The van der Waals surface area contributed by atoms with Crippen LogP contribution in [0.1, 0.15) is 38.4 Å². The van der Waals surface area contributed by atoms with E-state index in [1.165, 1.54) is 12.0 Å². The Balaban J connectivity index is 2.20. The molecule has 0 aliphatic heterocycles. The van der Waals surface area contributed by atoms with Gasteiger partial charge >= 0.3 is 0 Å². The molecule has 1 aromatic rings. The molecule has 80 valence electrons. The van der Waals surface area contributed by atoms with Gasteiger partial charge in [0.1, 0.15) is 0 Å². The van der Waals surface area contributed by atoms with Crippen molar-refractivity contribution in [2.75, 3.05) is 6.54 Å². The van der Waals surface area contributed by atoms with Gasteiger partial charge in [-0.3, -0.25) is 5.10 Å². The molecule has 3 heteroatoms. The zero-order chi connectivity index (χ0) is 10.6. The number of rotatable bonds is 4. The number of hydrogen-bond donors (Lipinski definition) is 2. The minimum Gasteiger partial charge on any atom is -0.313 e. The highest BCUT2D eigenvalue weighted by atomic mass is 15.1. The first-order valence-corrected chi connectivity index (χ1v) is 5.18. The third-order valence-corrected chi connectivity index (χ3v) is 2.30. The third kappa shape index (κ3) is 3.92. The Kier molecular flexibility index (Phi) is 3.69. The fourth-order valence-electron chi connectivity index (χ4n) is 1.24. The number of nitrogens with zero attached hydrogens (tertiary/aromatic N) is 1. The molecule has 0 unspecified atom stereocenters. The van der Waals surface area contributed by atoms with Gasteiger partial charge in [0, 0.05) is 17.8 Å². The van der Waals surface area contributed by atoms with Crippen molar-refractivity contribution in [3.63, 3.8) is 0 Å². The minimum absolute atomic E-state index is 0.415. The van der Waals surface area contributed by atoms with Gasteiger partial charge < -0.3 is 5.32 Å². The summed E-state index contributed by atoms with van der Waals surface area (Å²) in [4.78, 5) is 0. The highest BCUT2D eigenvalue weighted by Crippen LogP contribution is 2.17. The first-order valence-electron chi connectivity index (χ1n) is 5.18. The Labute approximate surface area is 86.3 Å². The first-order chi connectivity index (χ1) is 6.49. The van der Waals surface area contributed by atoms with E-state index in [1.807, 2.05) is 13.1 Å². The van der Waals surface area contributed by atoms with Gasteiger partial charge in [-0.25, -0.2) is 0 Å². The number of aromatic amines is 1. The predicted molar refractivity (Wildman–Crippen MR) is 59.1 cm³/mol. The molecule has 0 aromatic carbocycles. The molecule has 1 rings (SSSR count). The number of H-pyrrole nitrogens is 1. The fraction of sp³-hybridized carbons (Fsp3) is 0.727. The van der Waals surface area contributed by atoms with Gasteiger partial charge in [0.25, 0.3) is 0 Å². The van der Waals surface area contributed by atoms with E-state index in [0.717, 1.165) is 18.8 Å². The third-order valence-electron chi connectivity index (χ3n) is 2.30. The maximum Gasteiger partial charge on any atom is 0.0535 e. The molecule has 3 nitrogen and oxygen atoms in total. The Morgan fingerprint density at radius 3 is 2.64 bits per heavy atom. The molecule has 0 aliphatic carbocycles. The smallest absolute Gasteiger partial charge is 0.0535 e. The summed E-state index contributed by atoms with van der Waals surface area (Å²) in [6.07, 6.45) is 3.09.